The monoisotopic (exact) mass is 839 g/mol. The van der Waals surface area contributed by atoms with Crippen molar-refractivity contribution in [1.82, 2.24) is 4.57 Å². The van der Waals surface area contributed by atoms with Gasteiger partial charge in [-0.05, 0) is 148 Å². The molecule has 0 unspecified atom stereocenters. The summed E-state index contributed by atoms with van der Waals surface area (Å²) in [5, 5.41) is 2.49. The molecule has 3 heteroatoms. The van der Waals surface area contributed by atoms with Crippen LogP contribution in [-0.2, 0) is 10.8 Å². The first kappa shape index (κ1) is 40.2. The van der Waals surface area contributed by atoms with Crippen molar-refractivity contribution in [1.29, 1.82) is 0 Å². The molecule has 0 amide bonds. The molecule has 0 atom stereocenters. The van der Waals surface area contributed by atoms with Gasteiger partial charge < -0.3 is 14.4 Å². The quantitative estimate of drug-likeness (QED) is 0.143. The molecule has 0 saturated heterocycles. The normalized spacial score (nSPS) is 14.0. The van der Waals surface area contributed by atoms with E-state index in [0.29, 0.717) is 0 Å². The van der Waals surface area contributed by atoms with Crippen LogP contribution in [0.5, 0.6) is 0 Å². The molecule has 9 aromatic carbocycles. The molecule has 1 aromatic heterocycles. The lowest BCUT2D eigenvalue weighted by Crippen LogP contribution is -2.33. The summed E-state index contributed by atoms with van der Waals surface area (Å²) in [4.78, 5) is 4.70. The maximum atomic E-state index is 2.45. The van der Waals surface area contributed by atoms with E-state index in [-0.39, 0.29) is 10.8 Å². The topological polar surface area (TPSA) is 11.4 Å². The number of rotatable bonds is 9. The summed E-state index contributed by atoms with van der Waals surface area (Å²) >= 11 is 0. The molecule has 65 heavy (non-hydrogen) atoms. The highest BCUT2D eigenvalue weighted by molar-refractivity contribution is 6.10. The molecule has 0 saturated carbocycles. The summed E-state index contributed by atoms with van der Waals surface area (Å²) in [5.74, 6) is 0. The van der Waals surface area contributed by atoms with Gasteiger partial charge in [-0.2, -0.15) is 0 Å². The highest BCUT2D eigenvalue weighted by atomic mass is 15.1. The third-order valence-electron chi connectivity index (χ3n) is 13.9. The number of hydrogen-bond donors (Lipinski definition) is 0. The Balaban J connectivity index is 0.907. The predicted octanol–water partition coefficient (Wildman–Crippen LogP) is 17.4. The van der Waals surface area contributed by atoms with Gasteiger partial charge in [-0.15, -0.1) is 0 Å². The van der Waals surface area contributed by atoms with Gasteiger partial charge in [0.05, 0.1) is 11.0 Å². The zero-order valence-electron chi connectivity index (χ0n) is 37.6. The first-order chi connectivity index (χ1) is 31.7. The van der Waals surface area contributed by atoms with Crippen molar-refractivity contribution in [2.75, 3.05) is 9.80 Å². The van der Waals surface area contributed by atoms with Gasteiger partial charge in [-0.3, -0.25) is 0 Å². The Morgan fingerprint density at radius 3 is 1.28 bits per heavy atom. The Labute approximate surface area is 383 Å². The third kappa shape index (κ3) is 7.37. The largest absolute Gasteiger partial charge is 0.311 e. The van der Waals surface area contributed by atoms with E-state index >= 15 is 0 Å². The van der Waals surface area contributed by atoms with Crippen LogP contribution < -0.4 is 9.80 Å². The van der Waals surface area contributed by atoms with Gasteiger partial charge in [0.1, 0.15) is 0 Å². The molecule has 316 valence electrons. The van der Waals surface area contributed by atoms with Crippen LogP contribution in [0.1, 0.15) is 51.7 Å². The molecular formula is C62H53N3. The van der Waals surface area contributed by atoms with Crippen molar-refractivity contribution in [3.8, 4) is 27.9 Å². The van der Waals surface area contributed by atoms with Gasteiger partial charge in [-0.25, -0.2) is 0 Å². The summed E-state index contributed by atoms with van der Waals surface area (Å²) in [6.07, 6.45) is 2.43. The summed E-state index contributed by atoms with van der Waals surface area (Å²) < 4.78 is 2.38. The molecule has 0 spiro atoms. The first-order valence-corrected chi connectivity index (χ1v) is 23.0. The first-order valence-electron chi connectivity index (χ1n) is 23.0. The fraction of sp³-hybridized carbons (Fsp3) is 0.129. The zero-order chi connectivity index (χ0) is 44.1. The summed E-state index contributed by atoms with van der Waals surface area (Å²) in [6.45, 7) is 9.60. The zero-order valence-corrected chi connectivity index (χ0v) is 37.6. The lowest BCUT2D eigenvalue weighted by Gasteiger charge is -2.42. The standard InChI is InChI=1S/C62H53N3/c1-61(2)40-41-62(3,4)58-42-47(30-39-57(58)61)46-28-35-52(36-29-46)63(48-16-8-5-9-17-48)51-31-24-44(25-32-51)45-26-33-53(34-27-45)64(49-18-10-6-11-19-49)54-37-38-56-55-22-14-15-23-59(55)65(60(56)43-54)50-20-12-7-13-21-50/h5-39,42-43H,40-41H2,1-4H3. The van der Waals surface area contributed by atoms with Crippen molar-refractivity contribution in [3.63, 3.8) is 0 Å². The molecule has 0 fully saturated rings. The Kier molecular flexibility index (Phi) is 10.00. The number of hydrogen-bond acceptors (Lipinski definition) is 2. The molecule has 0 bridgehead atoms. The highest BCUT2D eigenvalue weighted by Crippen LogP contribution is 2.47. The summed E-state index contributed by atoms with van der Waals surface area (Å²) in [6, 6.07) is 81.8. The van der Waals surface area contributed by atoms with E-state index in [1.54, 1.807) is 0 Å². The average Bonchev–Trinajstić information content (AvgIpc) is 3.68. The van der Waals surface area contributed by atoms with Gasteiger partial charge in [-0.1, -0.05) is 161 Å². The summed E-state index contributed by atoms with van der Waals surface area (Å²) in [7, 11) is 0. The van der Waals surface area contributed by atoms with Crippen LogP contribution >= 0.6 is 0 Å². The minimum absolute atomic E-state index is 0.171. The fourth-order valence-corrected chi connectivity index (χ4v) is 10.2. The van der Waals surface area contributed by atoms with Crippen molar-refractivity contribution in [2.45, 2.75) is 51.4 Å². The predicted molar refractivity (Wildman–Crippen MR) is 276 cm³/mol. The van der Waals surface area contributed by atoms with Crippen LogP contribution in [0.4, 0.5) is 34.1 Å². The molecule has 1 aliphatic rings. The SMILES string of the molecule is CC1(C)CCC(C)(C)c2cc(-c3ccc(N(c4ccccc4)c4ccc(-c5ccc(N(c6ccccc6)c6ccc7c8ccccc8n(-c8ccccc8)c7c6)cc5)cc4)cc3)ccc21. The Hall–Kier alpha value is -7.62. The smallest absolute Gasteiger partial charge is 0.0561 e. The second kappa shape index (κ2) is 16.2. The number of benzene rings is 9. The van der Waals surface area contributed by atoms with Gasteiger partial charge in [0.15, 0.2) is 0 Å². The van der Waals surface area contributed by atoms with Crippen LogP contribution in [0.3, 0.4) is 0 Å². The van der Waals surface area contributed by atoms with Gasteiger partial charge in [0.25, 0.3) is 0 Å². The van der Waals surface area contributed by atoms with E-state index in [1.165, 1.54) is 68.0 Å². The molecule has 0 radical (unpaired) electrons. The third-order valence-corrected chi connectivity index (χ3v) is 13.9. The van der Waals surface area contributed by atoms with E-state index < -0.39 is 0 Å². The maximum Gasteiger partial charge on any atom is 0.0561 e. The average molecular weight is 840 g/mol. The van der Waals surface area contributed by atoms with Crippen molar-refractivity contribution < 1.29 is 0 Å². The Bertz CT molecular complexity index is 3270. The van der Waals surface area contributed by atoms with Crippen molar-refractivity contribution in [3.05, 3.63) is 236 Å². The van der Waals surface area contributed by atoms with Gasteiger partial charge in [0.2, 0.25) is 0 Å². The number of para-hydroxylation sites is 4. The highest BCUT2D eigenvalue weighted by Gasteiger charge is 2.37. The lowest BCUT2D eigenvalue weighted by atomic mass is 9.63. The second-order valence-corrected chi connectivity index (χ2v) is 18.9. The van der Waals surface area contributed by atoms with Crippen LogP contribution in [-0.4, -0.2) is 4.57 Å². The molecule has 3 nitrogen and oxygen atoms in total. The molecule has 10 aromatic rings. The molecule has 1 heterocycles. The minimum Gasteiger partial charge on any atom is -0.311 e. The molecule has 0 aliphatic heterocycles. The summed E-state index contributed by atoms with van der Waals surface area (Å²) in [5.41, 5.74) is 18.4. The fourth-order valence-electron chi connectivity index (χ4n) is 10.2. The Morgan fingerprint density at radius 1 is 0.323 bits per heavy atom. The number of fused-ring (bicyclic) bond motifs is 4. The van der Waals surface area contributed by atoms with Crippen LogP contribution in [0.2, 0.25) is 0 Å². The van der Waals surface area contributed by atoms with E-state index in [1.807, 2.05) is 0 Å². The van der Waals surface area contributed by atoms with Gasteiger partial charge in [0, 0.05) is 50.6 Å². The minimum atomic E-state index is 0.171. The van der Waals surface area contributed by atoms with Crippen molar-refractivity contribution >= 4 is 55.9 Å². The van der Waals surface area contributed by atoms with Gasteiger partial charge >= 0.3 is 0 Å². The van der Waals surface area contributed by atoms with Crippen molar-refractivity contribution in [2.24, 2.45) is 0 Å². The molecule has 0 N–H and O–H groups in total. The molecular weight excluding hydrogens is 787 g/mol. The maximum absolute atomic E-state index is 2.45. The van der Waals surface area contributed by atoms with E-state index in [4.69, 9.17) is 0 Å². The molecule has 11 rings (SSSR count). The number of aromatic nitrogens is 1. The van der Waals surface area contributed by atoms with Crippen LogP contribution in [0.25, 0.3) is 49.7 Å². The van der Waals surface area contributed by atoms with E-state index in [2.05, 4.69) is 267 Å². The Morgan fingerprint density at radius 2 is 0.723 bits per heavy atom. The number of anilines is 6. The van der Waals surface area contributed by atoms with E-state index in [9.17, 15) is 0 Å². The molecule has 1 aliphatic carbocycles. The second-order valence-electron chi connectivity index (χ2n) is 18.9. The van der Waals surface area contributed by atoms with E-state index in [0.717, 1.165) is 39.8 Å². The number of nitrogens with zero attached hydrogens (tertiary/aromatic N) is 3. The van der Waals surface area contributed by atoms with Crippen LogP contribution in [0.15, 0.2) is 224 Å². The lowest BCUT2D eigenvalue weighted by molar-refractivity contribution is 0.332. The van der Waals surface area contributed by atoms with Crippen LogP contribution in [0, 0.1) is 0 Å².